The van der Waals surface area contributed by atoms with Crippen molar-refractivity contribution in [1.29, 1.82) is 0 Å². The van der Waals surface area contributed by atoms with E-state index in [0.717, 1.165) is 11.2 Å². The summed E-state index contributed by atoms with van der Waals surface area (Å²) in [6.07, 6.45) is 0. The van der Waals surface area contributed by atoms with Gasteiger partial charge in [-0.15, -0.1) is 0 Å². The predicted octanol–water partition coefficient (Wildman–Crippen LogP) is 5.04. The van der Waals surface area contributed by atoms with Crippen LogP contribution in [0.1, 0.15) is 17.3 Å². The first-order valence-electron chi connectivity index (χ1n) is 5.31. The number of rotatable bonds is 1. The van der Waals surface area contributed by atoms with Gasteiger partial charge in [0.2, 0.25) is 0 Å². The average molecular weight is 275 g/mol. The minimum absolute atomic E-state index is 0.366. The zero-order chi connectivity index (χ0) is 11.1. The fourth-order valence-corrected chi connectivity index (χ4v) is 2.28. The summed E-state index contributed by atoms with van der Waals surface area (Å²) in [6, 6.07) is 14.5. The van der Waals surface area contributed by atoms with E-state index in [-0.39, 0.29) is 0 Å². The quantitative estimate of drug-likeness (QED) is 0.567. The smallest absolute Gasteiger partial charge is 0.135 e. The molecule has 2 aromatic carbocycles. The van der Waals surface area contributed by atoms with Crippen molar-refractivity contribution in [3.63, 3.8) is 0 Å². The summed E-state index contributed by atoms with van der Waals surface area (Å²) < 4.78 is 5.77. The molecule has 1 unspecified atom stereocenters. The summed E-state index contributed by atoms with van der Waals surface area (Å²) >= 11 is 3.59. The summed E-state index contributed by atoms with van der Waals surface area (Å²) in [6.45, 7) is 2.13. The van der Waals surface area contributed by atoms with Gasteiger partial charge in [0.1, 0.15) is 11.2 Å². The van der Waals surface area contributed by atoms with Crippen LogP contribution in [0.4, 0.5) is 0 Å². The maximum absolute atomic E-state index is 5.77. The molecular weight excluding hydrogens is 264 g/mol. The first-order chi connectivity index (χ1) is 7.75. The van der Waals surface area contributed by atoms with Crippen molar-refractivity contribution < 1.29 is 4.42 Å². The molecule has 1 aromatic heterocycles. The summed E-state index contributed by atoms with van der Waals surface area (Å²) in [7, 11) is 0. The second-order valence-electron chi connectivity index (χ2n) is 3.97. The monoisotopic (exact) mass is 274 g/mol. The molecule has 0 bridgehead atoms. The largest absolute Gasteiger partial charge is 0.456 e. The van der Waals surface area contributed by atoms with Crippen molar-refractivity contribution in [2.24, 2.45) is 0 Å². The van der Waals surface area contributed by atoms with Crippen molar-refractivity contribution in [3.05, 3.63) is 48.0 Å². The molecular formula is C14H11BrO. The summed E-state index contributed by atoms with van der Waals surface area (Å²) in [4.78, 5) is 0.366. The van der Waals surface area contributed by atoms with Gasteiger partial charge in [-0.1, -0.05) is 40.2 Å². The highest BCUT2D eigenvalue weighted by Gasteiger charge is 2.08. The molecule has 1 atom stereocenters. The Morgan fingerprint density at radius 1 is 1.00 bits per heavy atom. The lowest BCUT2D eigenvalue weighted by Gasteiger charge is -2.02. The van der Waals surface area contributed by atoms with Gasteiger partial charge in [-0.2, -0.15) is 0 Å². The third-order valence-corrected chi connectivity index (χ3v) is 3.39. The predicted molar refractivity (Wildman–Crippen MR) is 71.1 cm³/mol. The topological polar surface area (TPSA) is 13.1 Å². The SMILES string of the molecule is CC(Br)c1ccc2oc3ccccc3c2c1. The van der Waals surface area contributed by atoms with Crippen LogP contribution in [-0.4, -0.2) is 0 Å². The molecule has 0 aliphatic carbocycles. The fourth-order valence-electron chi connectivity index (χ4n) is 1.99. The molecule has 1 heterocycles. The summed E-state index contributed by atoms with van der Waals surface area (Å²) in [5.41, 5.74) is 3.19. The third kappa shape index (κ3) is 1.45. The minimum Gasteiger partial charge on any atom is -0.456 e. The maximum atomic E-state index is 5.77. The number of hydrogen-bond donors (Lipinski definition) is 0. The molecule has 0 radical (unpaired) electrons. The molecule has 1 nitrogen and oxygen atoms in total. The first-order valence-corrected chi connectivity index (χ1v) is 6.22. The number of alkyl halides is 1. The first kappa shape index (κ1) is 9.91. The fraction of sp³-hybridized carbons (Fsp3) is 0.143. The average Bonchev–Trinajstić information content (AvgIpc) is 2.66. The molecule has 80 valence electrons. The highest BCUT2D eigenvalue weighted by atomic mass is 79.9. The van der Waals surface area contributed by atoms with Crippen LogP contribution < -0.4 is 0 Å². The van der Waals surface area contributed by atoms with Crippen LogP contribution in [0.25, 0.3) is 21.9 Å². The standard InChI is InChI=1S/C14H11BrO/c1-9(15)10-6-7-14-12(8-10)11-4-2-3-5-13(11)16-14/h2-9H,1H3. The molecule has 0 saturated heterocycles. The molecule has 2 heteroatoms. The molecule has 0 saturated carbocycles. The second kappa shape index (κ2) is 3.63. The molecule has 0 aliphatic rings. The molecule has 0 fully saturated rings. The molecule has 0 amide bonds. The number of para-hydroxylation sites is 1. The van der Waals surface area contributed by atoms with E-state index in [1.54, 1.807) is 0 Å². The van der Waals surface area contributed by atoms with E-state index in [9.17, 15) is 0 Å². The summed E-state index contributed by atoms with van der Waals surface area (Å²) in [5, 5.41) is 2.38. The Hall–Kier alpha value is -1.28. The van der Waals surface area contributed by atoms with Gasteiger partial charge in [-0.25, -0.2) is 0 Å². The van der Waals surface area contributed by atoms with Crippen molar-refractivity contribution in [2.75, 3.05) is 0 Å². The van der Waals surface area contributed by atoms with Gasteiger partial charge in [0.25, 0.3) is 0 Å². The van der Waals surface area contributed by atoms with Crippen LogP contribution in [0.3, 0.4) is 0 Å². The van der Waals surface area contributed by atoms with Crippen molar-refractivity contribution in [3.8, 4) is 0 Å². The number of hydrogen-bond acceptors (Lipinski definition) is 1. The van der Waals surface area contributed by atoms with Crippen LogP contribution in [0.2, 0.25) is 0 Å². The second-order valence-corrected chi connectivity index (χ2v) is 5.34. The van der Waals surface area contributed by atoms with Crippen LogP contribution in [0, 0.1) is 0 Å². The Morgan fingerprint density at radius 3 is 2.56 bits per heavy atom. The van der Waals surface area contributed by atoms with Crippen LogP contribution >= 0.6 is 15.9 Å². The molecule has 0 aliphatic heterocycles. The van der Waals surface area contributed by atoms with Gasteiger partial charge < -0.3 is 4.42 Å². The lowest BCUT2D eigenvalue weighted by molar-refractivity contribution is 0.669. The lowest BCUT2D eigenvalue weighted by atomic mass is 10.1. The number of benzene rings is 2. The Kier molecular flexibility index (Phi) is 2.25. The zero-order valence-electron chi connectivity index (χ0n) is 8.91. The van der Waals surface area contributed by atoms with Gasteiger partial charge in [0, 0.05) is 15.6 Å². The number of fused-ring (bicyclic) bond motifs is 3. The van der Waals surface area contributed by atoms with Crippen LogP contribution in [0.15, 0.2) is 46.9 Å². The molecule has 0 spiro atoms. The highest BCUT2D eigenvalue weighted by molar-refractivity contribution is 9.09. The Morgan fingerprint density at radius 2 is 1.75 bits per heavy atom. The van der Waals surface area contributed by atoms with Gasteiger partial charge in [-0.3, -0.25) is 0 Å². The maximum Gasteiger partial charge on any atom is 0.135 e. The Balaban J connectivity index is 2.40. The lowest BCUT2D eigenvalue weighted by Crippen LogP contribution is -1.81. The van der Waals surface area contributed by atoms with E-state index in [1.807, 2.05) is 24.3 Å². The minimum atomic E-state index is 0.366. The van der Waals surface area contributed by atoms with Gasteiger partial charge in [0.15, 0.2) is 0 Å². The van der Waals surface area contributed by atoms with E-state index in [0.29, 0.717) is 4.83 Å². The molecule has 3 aromatic rings. The molecule has 3 rings (SSSR count). The van der Waals surface area contributed by atoms with E-state index >= 15 is 0 Å². The normalized spacial score (nSPS) is 13.4. The highest BCUT2D eigenvalue weighted by Crippen LogP contribution is 2.32. The zero-order valence-corrected chi connectivity index (χ0v) is 10.5. The van der Waals surface area contributed by atoms with E-state index in [4.69, 9.17) is 4.42 Å². The summed E-state index contributed by atoms with van der Waals surface area (Å²) in [5.74, 6) is 0. The molecule has 16 heavy (non-hydrogen) atoms. The number of halogens is 1. The van der Waals surface area contributed by atoms with Crippen LogP contribution in [-0.2, 0) is 0 Å². The van der Waals surface area contributed by atoms with Crippen molar-refractivity contribution in [1.82, 2.24) is 0 Å². The van der Waals surface area contributed by atoms with E-state index in [2.05, 4.69) is 41.1 Å². The van der Waals surface area contributed by atoms with Crippen molar-refractivity contribution >= 4 is 37.9 Å². The van der Waals surface area contributed by atoms with E-state index < -0.39 is 0 Å². The number of furan rings is 1. The Bertz CT molecular complexity index is 652. The van der Waals surface area contributed by atoms with Crippen LogP contribution in [0.5, 0.6) is 0 Å². The van der Waals surface area contributed by atoms with Crippen molar-refractivity contribution in [2.45, 2.75) is 11.8 Å². The third-order valence-electron chi connectivity index (χ3n) is 2.86. The van der Waals surface area contributed by atoms with Gasteiger partial charge in [-0.05, 0) is 30.7 Å². The Labute approximate surface area is 102 Å². The molecule has 0 N–H and O–H groups in total. The van der Waals surface area contributed by atoms with Gasteiger partial charge in [0.05, 0.1) is 0 Å². The van der Waals surface area contributed by atoms with E-state index in [1.165, 1.54) is 16.3 Å². The van der Waals surface area contributed by atoms with Gasteiger partial charge >= 0.3 is 0 Å².